The minimum absolute atomic E-state index is 0.0282. The van der Waals surface area contributed by atoms with Crippen molar-refractivity contribution in [1.29, 1.82) is 0 Å². The van der Waals surface area contributed by atoms with E-state index in [2.05, 4.69) is 67.8 Å². The highest BCUT2D eigenvalue weighted by Crippen LogP contribution is 2.41. The van der Waals surface area contributed by atoms with E-state index in [-0.39, 0.29) is 11.3 Å². The molecule has 1 fully saturated rings. The summed E-state index contributed by atoms with van der Waals surface area (Å²) in [6.45, 7) is 8.17. The van der Waals surface area contributed by atoms with E-state index in [0.717, 1.165) is 18.5 Å². The van der Waals surface area contributed by atoms with Gasteiger partial charge in [0.25, 0.3) is 5.91 Å². The molecule has 0 aliphatic heterocycles. The molecule has 2 unspecified atom stereocenters. The van der Waals surface area contributed by atoms with Crippen LogP contribution < -0.4 is 10.6 Å². The molecule has 2 atom stereocenters. The van der Waals surface area contributed by atoms with Crippen molar-refractivity contribution in [2.24, 2.45) is 0 Å². The third-order valence-corrected chi connectivity index (χ3v) is 6.08. The molecule has 0 radical (unpaired) electrons. The minimum Gasteiger partial charge on any atom is -0.348 e. The van der Waals surface area contributed by atoms with E-state index in [1.807, 2.05) is 42.5 Å². The maximum absolute atomic E-state index is 12.4. The lowest BCUT2D eigenvalue weighted by Crippen LogP contribution is -2.22. The molecule has 4 rings (SSSR count). The summed E-state index contributed by atoms with van der Waals surface area (Å²) in [5.41, 5.74) is 6.01. The predicted octanol–water partition coefficient (Wildman–Crippen LogP) is 5.56. The number of hydrogen-bond acceptors (Lipinski definition) is 2. The predicted molar refractivity (Wildman–Crippen MR) is 127 cm³/mol. The molecule has 160 valence electrons. The Kier molecular flexibility index (Phi) is 6.24. The summed E-state index contributed by atoms with van der Waals surface area (Å²) < 4.78 is 0. The van der Waals surface area contributed by atoms with Gasteiger partial charge in [0, 0.05) is 30.6 Å². The number of amides is 1. The van der Waals surface area contributed by atoms with Crippen LogP contribution in [0.2, 0.25) is 0 Å². The normalized spacial score (nSPS) is 17.9. The van der Waals surface area contributed by atoms with Crippen LogP contribution in [-0.4, -0.2) is 11.9 Å². The van der Waals surface area contributed by atoms with E-state index in [4.69, 9.17) is 0 Å². The second-order valence-electron chi connectivity index (χ2n) is 9.57. The smallest absolute Gasteiger partial charge is 0.251 e. The molecule has 0 saturated heterocycles. The van der Waals surface area contributed by atoms with Gasteiger partial charge in [-0.05, 0) is 46.2 Å². The molecule has 0 heterocycles. The topological polar surface area (TPSA) is 41.1 Å². The largest absolute Gasteiger partial charge is 0.348 e. The van der Waals surface area contributed by atoms with Gasteiger partial charge in [-0.25, -0.2) is 0 Å². The molecule has 1 aliphatic rings. The first-order valence-electron chi connectivity index (χ1n) is 11.1. The van der Waals surface area contributed by atoms with Gasteiger partial charge >= 0.3 is 0 Å². The van der Waals surface area contributed by atoms with E-state index in [1.165, 1.54) is 16.7 Å². The fourth-order valence-corrected chi connectivity index (χ4v) is 3.92. The molecule has 2 N–H and O–H groups in total. The van der Waals surface area contributed by atoms with Gasteiger partial charge in [0.1, 0.15) is 0 Å². The zero-order valence-corrected chi connectivity index (χ0v) is 18.7. The summed E-state index contributed by atoms with van der Waals surface area (Å²) in [6, 6.07) is 27.5. The zero-order valence-electron chi connectivity index (χ0n) is 18.7. The van der Waals surface area contributed by atoms with Crippen LogP contribution in [0, 0.1) is 0 Å². The maximum atomic E-state index is 12.4. The molecule has 3 heteroatoms. The Morgan fingerprint density at radius 2 is 1.48 bits per heavy atom. The lowest BCUT2D eigenvalue weighted by atomic mass is 9.87. The molecule has 1 aliphatic carbocycles. The summed E-state index contributed by atoms with van der Waals surface area (Å²) in [4.78, 5) is 12.4. The summed E-state index contributed by atoms with van der Waals surface area (Å²) in [7, 11) is 0. The van der Waals surface area contributed by atoms with Gasteiger partial charge in [-0.3, -0.25) is 4.79 Å². The summed E-state index contributed by atoms with van der Waals surface area (Å²) in [5.74, 6) is 0.509. The molecule has 3 aromatic rings. The van der Waals surface area contributed by atoms with Crippen molar-refractivity contribution in [1.82, 2.24) is 10.6 Å². The zero-order chi connectivity index (χ0) is 21.8. The van der Waals surface area contributed by atoms with E-state index in [9.17, 15) is 4.79 Å². The number of rotatable bonds is 7. The van der Waals surface area contributed by atoms with Crippen LogP contribution in [0.3, 0.4) is 0 Å². The number of hydrogen-bond donors (Lipinski definition) is 2. The number of carbonyl (C=O) groups is 1. The van der Waals surface area contributed by atoms with Crippen molar-refractivity contribution < 1.29 is 4.79 Å². The number of carbonyl (C=O) groups excluding carboxylic acids is 1. The van der Waals surface area contributed by atoms with Crippen molar-refractivity contribution in [3.05, 3.63) is 107 Å². The highest BCUT2D eigenvalue weighted by atomic mass is 16.1. The van der Waals surface area contributed by atoms with Gasteiger partial charge in [-0.2, -0.15) is 0 Å². The molecule has 1 saturated carbocycles. The van der Waals surface area contributed by atoms with Gasteiger partial charge in [-0.1, -0.05) is 87.5 Å². The molecule has 31 heavy (non-hydrogen) atoms. The third-order valence-electron chi connectivity index (χ3n) is 6.08. The van der Waals surface area contributed by atoms with Crippen LogP contribution >= 0.6 is 0 Å². The monoisotopic (exact) mass is 412 g/mol. The lowest BCUT2D eigenvalue weighted by Gasteiger charge is -2.19. The van der Waals surface area contributed by atoms with Crippen molar-refractivity contribution in [2.75, 3.05) is 0 Å². The van der Waals surface area contributed by atoms with Gasteiger partial charge in [0.2, 0.25) is 0 Å². The first kappa shape index (κ1) is 21.3. The first-order chi connectivity index (χ1) is 14.9. The van der Waals surface area contributed by atoms with E-state index in [0.29, 0.717) is 24.1 Å². The van der Waals surface area contributed by atoms with E-state index < -0.39 is 0 Å². The maximum Gasteiger partial charge on any atom is 0.251 e. The van der Waals surface area contributed by atoms with Crippen LogP contribution in [0.1, 0.15) is 65.7 Å². The molecule has 0 spiro atoms. The van der Waals surface area contributed by atoms with Gasteiger partial charge in [0.15, 0.2) is 0 Å². The lowest BCUT2D eigenvalue weighted by molar-refractivity contribution is 0.0951. The van der Waals surface area contributed by atoms with Crippen molar-refractivity contribution >= 4 is 5.91 Å². The summed E-state index contributed by atoms with van der Waals surface area (Å²) in [6.07, 6.45) is 1.15. The summed E-state index contributed by atoms with van der Waals surface area (Å²) in [5, 5.41) is 6.66. The van der Waals surface area contributed by atoms with Crippen LogP contribution in [0.4, 0.5) is 0 Å². The molecule has 3 nitrogen and oxygen atoms in total. The molecule has 0 bridgehead atoms. The van der Waals surface area contributed by atoms with Crippen LogP contribution in [0.15, 0.2) is 78.9 Å². The van der Waals surface area contributed by atoms with Crippen LogP contribution in [-0.2, 0) is 18.5 Å². The Hall–Kier alpha value is -2.91. The minimum atomic E-state index is -0.0282. The molecule has 1 amide bonds. The highest BCUT2D eigenvalue weighted by molar-refractivity contribution is 5.94. The first-order valence-corrected chi connectivity index (χ1v) is 11.1. The second kappa shape index (κ2) is 9.07. The molecular formula is C28H32N2O. The van der Waals surface area contributed by atoms with Crippen LogP contribution in [0.25, 0.3) is 0 Å². The second-order valence-corrected chi connectivity index (χ2v) is 9.57. The highest BCUT2D eigenvalue weighted by Gasteiger charge is 2.37. The fourth-order valence-electron chi connectivity index (χ4n) is 3.92. The number of benzene rings is 3. The summed E-state index contributed by atoms with van der Waals surface area (Å²) >= 11 is 0. The number of nitrogens with one attached hydrogen (secondary N) is 2. The molecule has 3 aromatic carbocycles. The Morgan fingerprint density at radius 3 is 2.13 bits per heavy atom. The van der Waals surface area contributed by atoms with Gasteiger partial charge < -0.3 is 10.6 Å². The van der Waals surface area contributed by atoms with Crippen molar-refractivity contribution in [3.8, 4) is 0 Å². The molecule has 0 aromatic heterocycles. The standard InChI is InChI=1S/C28H32N2O/c1-28(2,3)24-15-9-21(10-16-24)18-29-26-17-25(26)22-11-13-23(14-12-22)27(31)30-19-20-7-5-4-6-8-20/h4-16,25-26,29H,17-19H2,1-3H3,(H,30,31). The van der Waals surface area contributed by atoms with Crippen LogP contribution in [0.5, 0.6) is 0 Å². The Labute approximate surface area is 185 Å². The Morgan fingerprint density at radius 1 is 0.839 bits per heavy atom. The third kappa shape index (κ3) is 5.62. The molecular weight excluding hydrogens is 380 g/mol. The average molecular weight is 413 g/mol. The average Bonchev–Trinajstić information content (AvgIpc) is 3.56. The van der Waals surface area contributed by atoms with Crippen molar-refractivity contribution in [3.63, 3.8) is 0 Å². The Balaban J connectivity index is 1.25. The fraction of sp³-hybridized carbons (Fsp3) is 0.321. The van der Waals surface area contributed by atoms with Gasteiger partial charge in [0.05, 0.1) is 0 Å². The van der Waals surface area contributed by atoms with E-state index in [1.54, 1.807) is 0 Å². The Bertz CT molecular complexity index is 1000. The van der Waals surface area contributed by atoms with Crippen molar-refractivity contribution in [2.45, 2.75) is 57.7 Å². The SMILES string of the molecule is CC(C)(C)c1ccc(CNC2CC2c2ccc(C(=O)NCc3ccccc3)cc2)cc1. The quantitative estimate of drug-likeness (QED) is 0.533. The van der Waals surface area contributed by atoms with Gasteiger partial charge in [-0.15, -0.1) is 0 Å². The van der Waals surface area contributed by atoms with E-state index >= 15 is 0 Å².